The van der Waals surface area contributed by atoms with E-state index in [1.165, 1.54) is 0 Å². The molecule has 3 heteroatoms. The number of nitrogen functional groups attached to an aromatic ring is 1. The van der Waals surface area contributed by atoms with Crippen LogP contribution < -0.4 is 11.2 Å². The molecule has 0 radical (unpaired) electrons. The number of fused-ring (bicyclic) bond motifs is 2. The van der Waals surface area contributed by atoms with Crippen LogP contribution in [0.3, 0.4) is 0 Å². The first-order valence-electron chi connectivity index (χ1n) is 7.83. The van der Waals surface area contributed by atoms with Gasteiger partial charge in [-0.25, -0.2) is 0 Å². The number of hydrogen-bond acceptors (Lipinski definition) is 3. The highest BCUT2D eigenvalue weighted by molar-refractivity contribution is 5.86. The first-order chi connectivity index (χ1) is 11.2. The van der Waals surface area contributed by atoms with Gasteiger partial charge in [0, 0.05) is 17.3 Å². The van der Waals surface area contributed by atoms with Crippen molar-refractivity contribution in [3.63, 3.8) is 0 Å². The molecule has 2 aromatic carbocycles. The third-order valence-corrected chi connectivity index (χ3v) is 4.32. The molecule has 0 aliphatic heterocycles. The van der Waals surface area contributed by atoms with Crippen molar-refractivity contribution in [2.24, 2.45) is 0 Å². The molecule has 0 saturated carbocycles. The molecule has 1 aliphatic rings. The van der Waals surface area contributed by atoms with E-state index in [4.69, 9.17) is 10.2 Å². The van der Waals surface area contributed by atoms with Crippen molar-refractivity contribution in [1.29, 1.82) is 0 Å². The van der Waals surface area contributed by atoms with Gasteiger partial charge in [-0.15, -0.1) is 0 Å². The van der Waals surface area contributed by atoms with Crippen molar-refractivity contribution >= 4 is 28.3 Å². The topological polar surface area (TPSA) is 56.2 Å². The van der Waals surface area contributed by atoms with Crippen molar-refractivity contribution in [2.75, 3.05) is 5.73 Å². The number of hydrogen-bond donors (Lipinski definition) is 1. The van der Waals surface area contributed by atoms with Gasteiger partial charge in [-0.05, 0) is 48.6 Å². The molecule has 1 aromatic heterocycles. The van der Waals surface area contributed by atoms with Crippen molar-refractivity contribution < 1.29 is 4.42 Å². The Morgan fingerprint density at radius 3 is 2.70 bits per heavy atom. The first kappa shape index (κ1) is 13.8. The normalized spacial score (nSPS) is 15.7. The Morgan fingerprint density at radius 2 is 1.87 bits per heavy atom. The van der Waals surface area contributed by atoms with E-state index >= 15 is 0 Å². The molecular formula is C20H17NO2. The molecule has 1 aliphatic carbocycles. The highest BCUT2D eigenvalue weighted by Crippen LogP contribution is 2.33. The second-order valence-corrected chi connectivity index (χ2v) is 5.93. The molecule has 23 heavy (non-hydrogen) atoms. The SMILES string of the molecule is Nc1ccc2c(=O)c3c(oc2c1)C(=Cc1ccccc1)CCC3. The lowest BCUT2D eigenvalue weighted by Gasteiger charge is -2.18. The minimum atomic E-state index is 0.0694. The van der Waals surface area contributed by atoms with E-state index in [2.05, 4.69) is 18.2 Å². The van der Waals surface area contributed by atoms with Gasteiger partial charge in [-0.3, -0.25) is 4.79 Å². The molecule has 0 fully saturated rings. The molecular weight excluding hydrogens is 286 g/mol. The van der Waals surface area contributed by atoms with E-state index in [1.807, 2.05) is 18.2 Å². The molecule has 0 saturated heterocycles. The Labute approximate surface area is 134 Å². The van der Waals surface area contributed by atoms with Gasteiger partial charge in [-0.2, -0.15) is 0 Å². The van der Waals surface area contributed by atoms with E-state index in [0.717, 1.165) is 41.7 Å². The van der Waals surface area contributed by atoms with Crippen LogP contribution in [0.4, 0.5) is 5.69 Å². The number of nitrogens with two attached hydrogens (primary N) is 1. The van der Waals surface area contributed by atoms with Crippen molar-refractivity contribution in [3.05, 3.63) is 75.6 Å². The van der Waals surface area contributed by atoms with Gasteiger partial charge in [0.2, 0.25) is 0 Å². The highest BCUT2D eigenvalue weighted by atomic mass is 16.3. The minimum absolute atomic E-state index is 0.0694. The molecule has 4 rings (SSSR count). The summed E-state index contributed by atoms with van der Waals surface area (Å²) >= 11 is 0. The van der Waals surface area contributed by atoms with Crippen LogP contribution in [-0.2, 0) is 6.42 Å². The van der Waals surface area contributed by atoms with Crippen LogP contribution in [0.5, 0.6) is 0 Å². The predicted molar refractivity (Wildman–Crippen MR) is 94.1 cm³/mol. The van der Waals surface area contributed by atoms with Gasteiger partial charge in [0.25, 0.3) is 0 Å². The van der Waals surface area contributed by atoms with Gasteiger partial charge >= 0.3 is 0 Å². The summed E-state index contributed by atoms with van der Waals surface area (Å²) in [4.78, 5) is 12.8. The van der Waals surface area contributed by atoms with E-state index in [1.54, 1.807) is 18.2 Å². The predicted octanol–water partition coefficient (Wildman–Crippen LogP) is 4.25. The van der Waals surface area contributed by atoms with Crippen LogP contribution >= 0.6 is 0 Å². The molecule has 0 unspecified atom stereocenters. The number of rotatable bonds is 1. The van der Waals surface area contributed by atoms with E-state index < -0.39 is 0 Å². The Balaban J connectivity index is 1.95. The Kier molecular flexibility index (Phi) is 3.27. The molecule has 3 aromatic rings. The highest BCUT2D eigenvalue weighted by Gasteiger charge is 2.21. The zero-order chi connectivity index (χ0) is 15.8. The summed E-state index contributed by atoms with van der Waals surface area (Å²) in [5.74, 6) is 0.725. The van der Waals surface area contributed by atoms with Gasteiger partial charge in [0.1, 0.15) is 11.3 Å². The van der Waals surface area contributed by atoms with Gasteiger partial charge in [-0.1, -0.05) is 30.3 Å². The third kappa shape index (κ3) is 2.44. The van der Waals surface area contributed by atoms with Gasteiger partial charge < -0.3 is 10.2 Å². The molecule has 0 atom stereocenters. The van der Waals surface area contributed by atoms with Crippen LogP contribution in [0.15, 0.2) is 57.7 Å². The summed E-state index contributed by atoms with van der Waals surface area (Å²) in [5.41, 5.74) is 10.1. The minimum Gasteiger partial charge on any atom is -0.456 e. The second kappa shape index (κ2) is 5.43. The molecule has 0 bridgehead atoms. The zero-order valence-corrected chi connectivity index (χ0v) is 12.7. The molecule has 0 spiro atoms. The van der Waals surface area contributed by atoms with Crippen LogP contribution in [0, 0.1) is 0 Å². The number of benzene rings is 2. The molecule has 3 nitrogen and oxygen atoms in total. The summed E-state index contributed by atoms with van der Waals surface area (Å²) in [6, 6.07) is 15.3. The lowest BCUT2D eigenvalue weighted by atomic mass is 9.90. The lowest BCUT2D eigenvalue weighted by molar-refractivity contribution is 0.559. The molecule has 2 N–H and O–H groups in total. The summed E-state index contributed by atoms with van der Waals surface area (Å²) < 4.78 is 6.08. The maximum atomic E-state index is 12.8. The maximum Gasteiger partial charge on any atom is 0.196 e. The van der Waals surface area contributed by atoms with Crippen LogP contribution in [0.25, 0.3) is 22.6 Å². The van der Waals surface area contributed by atoms with Gasteiger partial charge in [0.05, 0.1) is 5.39 Å². The average molecular weight is 303 g/mol. The Morgan fingerprint density at radius 1 is 1.04 bits per heavy atom. The van der Waals surface area contributed by atoms with E-state index in [9.17, 15) is 4.79 Å². The Hall–Kier alpha value is -2.81. The monoisotopic (exact) mass is 303 g/mol. The average Bonchev–Trinajstić information content (AvgIpc) is 2.56. The van der Waals surface area contributed by atoms with Crippen LogP contribution in [0.2, 0.25) is 0 Å². The lowest BCUT2D eigenvalue weighted by Crippen LogP contribution is -2.16. The van der Waals surface area contributed by atoms with Crippen LogP contribution in [0.1, 0.15) is 29.7 Å². The van der Waals surface area contributed by atoms with Gasteiger partial charge in [0.15, 0.2) is 5.43 Å². The molecule has 114 valence electrons. The Bertz CT molecular complexity index is 968. The van der Waals surface area contributed by atoms with Crippen molar-refractivity contribution in [2.45, 2.75) is 19.3 Å². The van der Waals surface area contributed by atoms with Crippen LogP contribution in [-0.4, -0.2) is 0 Å². The summed E-state index contributed by atoms with van der Waals surface area (Å²) in [5, 5.41) is 0.610. The standard InChI is InChI=1S/C20H17NO2/c21-15-9-10-16-18(12-15)23-20-14(7-4-8-17(20)19(16)22)11-13-5-2-1-3-6-13/h1-3,5-6,9-12H,4,7-8,21H2. The van der Waals surface area contributed by atoms with Crippen molar-refractivity contribution in [1.82, 2.24) is 0 Å². The summed E-state index contributed by atoms with van der Waals surface area (Å²) in [6.45, 7) is 0. The number of anilines is 1. The molecule has 1 heterocycles. The maximum absolute atomic E-state index is 12.8. The summed E-state index contributed by atoms with van der Waals surface area (Å²) in [6.07, 6.45) is 4.76. The number of allylic oxidation sites excluding steroid dienone is 1. The molecule has 0 amide bonds. The smallest absolute Gasteiger partial charge is 0.196 e. The fourth-order valence-electron chi connectivity index (χ4n) is 3.19. The quantitative estimate of drug-likeness (QED) is 0.684. The zero-order valence-electron chi connectivity index (χ0n) is 12.7. The fourth-order valence-corrected chi connectivity index (χ4v) is 3.19. The van der Waals surface area contributed by atoms with E-state index in [0.29, 0.717) is 16.7 Å². The summed E-state index contributed by atoms with van der Waals surface area (Å²) in [7, 11) is 0. The third-order valence-electron chi connectivity index (χ3n) is 4.32. The van der Waals surface area contributed by atoms with Crippen molar-refractivity contribution in [3.8, 4) is 0 Å². The second-order valence-electron chi connectivity index (χ2n) is 5.93. The first-order valence-corrected chi connectivity index (χ1v) is 7.83. The van der Waals surface area contributed by atoms with E-state index in [-0.39, 0.29) is 5.43 Å². The largest absolute Gasteiger partial charge is 0.456 e. The fraction of sp³-hybridized carbons (Fsp3) is 0.150.